The van der Waals surface area contributed by atoms with Crippen LogP contribution in [0.4, 0.5) is 0 Å². The first-order chi connectivity index (χ1) is 10.1. The Kier molecular flexibility index (Phi) is 2.37. The molecule has 21 heavy (non-hydrogen) atoms. The van der Waals surface area contributed by atoms with Crippen molar-refractivity contribution < 1.29 is 9.90 Å². The number of thiazole rings is 1. The number of nitrogens with zero attached hydrogens (tertiary/aromatic N) is 2. The van der Waals surface area contributed by atoms with Gasteiger partial charge in [0.05, 0.1) is 26.7 Å². The number of fused-ring (bicyclic) bond motifs is 4. The van der Waals surface area contributed by atoms with Crippen LogP contribution >= 0.6 is 11.3 Å². The van der Waals surface area contributed by atoms with Crippen molar-refractivity contribution in [3.8, 4) is 0 Å². The number of hydrogen-bond donors (Lipinski definition) is 1. The van der Waals surface area contributed by atoms with Crippen molar-refractivity contribution in [2.45, 2.75) is 0 Å². The Morgan fingerprint density at radius 2 is 2.00 bits per heavy atom. The van der Waals surface area contributed by atoms with Gasteiger partial charge in [-0.2, -0.15) is 0 Å². The molecule has 1 N–H and O–H groups in total. The molecular formula is C15H8N2O3S. The third kappa shape index (κ3) is 1.66. The maximum Gasteiger partial charge on any atom is 0.335 e. The Bertz CT molecular complexity index is 1090. The lowest BCUT2D eigenvalue weighted by Crippen LogP contribution is -2.14. The van der Waals surface area contributed by atoms with E-state index in [1.165, 1.54) is 27.9 Å². The molecular weight excluding hydrogens is 288 g/mol. The third-order valence-corrected chi connectivity index (χ3v) is 4.41. The predicted molar refractivity (Wildman–Crippen MR) is 81.3 cm³/mol. The molecule has 0 atom stereocenters. The lowest BCUT2D eigenvalue weighted by Gasteiger charge is -2.01. The fourth-order valence-corrected chi connectivity index (χ4v) is 3.43. The number of carboxylic acid groups (broad SMARTS) is 1. The molecule has 0 amide bonds. The van der Waals surface area contributed by atoms with Crippen LogP contribution in [0, 0.1) is 0 Å². The van der Waals surface area contributed by atoms with E-state index in [0.29, 0.717) is 15.9 Å². The van der Waals surface area contributed by atoms with Gasteiger partial charge in [-0.3, -0.25) is 9.20 Å². The van der Waals surface area contributed by atoms with Crippen molar-refractivity contribution in [3.05, 3.63) is 58.4 Å². The van der Waals surface area contributed by atoms with Crippen molar-refractivity contribution in [2.75, 3.05) is 0 Å². The van der Waals surface area contributed by atoms with E-state index in [0.717, 1.165) is 10.2 Å². The Morgan fingerprint density at radius 3 is 2.81 bits per heavy atom. The summed E-state index contributed by atoms with van der Waals surface area (Å²) in [4.78, 5) is 28.8. The first-order valence-corrected chi connectivity index (χ1v) is 7.04. The molecule has 2 heterocycles. The predicted octanol–water partition coefficient (Wildman–Crippen LogP) is 2.76. The van der Waals surface area contributed by atoms with Crippen LogP contribution in [0.2, 0.25) is 0 Å². The van der Waals surface area contributed by atoms with Crippen molar-refractivity contribution >= 4 is 43.4 Å². The Balaban J connectivity index is 2.24. The number of aromatic nitrogens is 2. The number of aromatic carboxylic acids is 1. The Hall–Kier alpha value is -2.73. The van der Waals surface area contributed by atoms with Crippen LogP contribution in [0.3, 0.4) is 0 Å². The second kappa shape index (κ2) is 4.13. The number of hydrogen-bond acceptors (Lipinski definition) is 4. The lowest BCUT2D eigenvalue weighted by molar-refractivity contribution is 0.0697. The van der Waals surface area contributed by atoms with E-state index in [2.05, 4.69) is 4.98 Å². The van der Waals surface area contributed by atoms with Gasteiger partial charge in [-0.15, -0.1) is 0 Å². The SMILES string of the molecule is O=C(O)c1ccc2nc3sc4ccccc4n3c(=O)c2c1. The number of rotatable bonds is 1. The summed E-state index contributed by atoms with van der Waals surface area (Å²) in [5, 5.41) is 9.37. The molecule has 0 aliphatic carbocycles. The molecule has 0 aliphatic rings. The second-order valence-electron chi connectivity index (χ2n) is 4.64. The minimum Gasteiger partial charge on any atom is -0.478 e. The molecule has 4 rings (SSSR count). The standard InChI is InChI=1S/C15H8N2O3S/c18-13-9-7-8(14(19)20)5-6-10(9)16-15-17(13)11-3-1-2-4-12(11)21-15/h1-7H,(H,19,20). The highest BCUT2D eigenvalue weighted by molar-refractivity contribution is 7.23. The zero-order valence-electron chi connectivity index (χ0n) is 10.6. The maximum absolute atomic E-state index is 12.7. The van der Waals surface area contributed by atoms with Crippen molar-refractivity contribution in [2.24, 2.45) is 0 Å². The van der Waals surface area contributed by atoms with E-state index in [1.807, 2.05) is 24.3 Å². The van der Waals surface area contributed by atoms with Crippen LogP contribution in [0.15, 0.2) is 47.3 Å². The van der Waals surface area contributed by atoms with Crippen LogP contribution in [0.25, 0.3) is 26.1 Å². The van der Waals surface area contributed by atoms with Gasteiger partial charge in [0.25, 0.3) is 5.56 Å². The van der Waals surface area contributed by atoms with Gasteiger partial charge < -0.3 is 5.11 Å². The van der Waals surface area contributed by atoms with Gasteiger partial charge >= 0.3 is 5.97 Å². The highest BCUT2D eigenvalue weighted by Crippen LogP contribution is 2.25. The van der Waals surface area contributed by atoms with Gasteiger partial charge in [0, 0.05) is 0 Å². The topological polar surface area (TPSA) is 71.7 Å². The highest BCUT2D eigenvalue weighted by atomic mass is 32.1. The fourth-order valence-electron chi connectivity index (χ4n) is 2.41. The monoisotopic (exact) mass is 296 g/mol. The highest BCUT2D eigenvalue weighted by Gasteiger charge is 2.13. The number of carboxylic acids is 1. The largest absolute Gasteiger partial charge is 0.478 e. The molecule has 0 saturated carbocycles. The van der Waals surface area contributed by atoms with E-state index in [1.54, 1.807) is 6.07 Å². The summed E-state index contributed by atoms with van der Waals surface area (Å²) in [5.74, 6) is -1.06. The molecule has 0 fully saturated rings. The fraction of sp³-hybridized carbons (Fsp3) is 0. The summed E-state index contributed by atoms with van der Waals surface area (Å²) < 4.78 is 2.50. The molecule has 2 aromatic heterocycles. The van der Waals surface area contributed by atoms with E-state index in [9.17, 15) is 9.59 Å². The van der Waals surface area contributed by atoms with Crippen LogP contribution in [-0.4, -0.2) is 20.5 Å². The Labute approximate surface area is 121 Å². The van der Waals surface area contributed by atoms with Crippen LogP contribution in [0.5, 0.6) is 0 Å². The third-order valence-electron chi connectivity index (χ3n) is 3.39. The van der Waals surface area contributed by atoms with Gasteiger partial charge in [0.15, 0.2) is 4.96 Å². The van der Waals surface area contributed by atoms with E-state index < -0.39 is 5.97 Å². The first kappa shape index (κ1) is 12.0. The van der Waals surface area contributed by atoms with E-state index in [-0.39, 0.29) is 11.1 Å². The van der Waals surface area contributed by atoms with Gasteiger partial charge in [0.1, 0.15) is 0 Å². The molecule has 4 aromatic rings. The summed E-state index contributed by atoms with van der Waals surface area (Å²) in [7, 11) is 0. The second-order valence-corrected chi connectivity index (χ2v) is 5.65. The maximum atomic E-state index is 12.7. The lowest BCUT2D eigenvalue weighted by atomic mass is 10.1. The van der Waals surface area contributed by atoms with Gasteiger partial charge in [0.2, 0.25) is 0 Å². The van der Waals surface area contributed by atoms with Gasteiger partial charge in [-0.05, 0) is 30.3 Å². The quantitative estimate of drug-likeness (QED) is 0.586. The molecule has 5 nitrogen and oxygen atoms in total. The molecule has 0 aliphatic heterocycles. The smallest absolute Gasteiger partial charge is 0.335 e. The summed E-state index contributed by atoms with van der Waals surface area (Å²) >= 11 is 1.44. The summed E-state index contributed by atoms with van der Waals surface area (Å²) in [6, 6.07) is 12.0. The van der Waals surface area contributed by atoms with E-state index >= 15 is 0 Å². The molecule has 102 valence electrons. The molecule has 2 aromatic carbocycles. The Morgan fingerprint density at radius 1 is 1.19 bits per heavy atom. The van der Waals surface area contributed by atoms with Crippen molar-refractivity contribution in [1.29, 1.82) is 0 Å². The van der Waals surface area contributed by atoms with Crippen molar-refractivity contribution in [3.63, 3.8) is 0 Å². The molecule has 0 radical (unpaired) electrons. The van der Waals surface area contributed by atoms with Gasteiger partial charge in [-0.25, -0.2) is 9.78 Å². The zero-order chi connectivity index (χ0) is 14.6. The van der Waals surface area contributed by atoms with E-state index in [4.69, 9.17) is 5.11 Å². The number of para-hydroxylation sites is 1. The summed E-state index contributed by atoms with van der Waals surface area (Å²) in [6.07, 6.45) is 0. The molecule has 0 bridgehead atoms. The molecule has 0 unspecified atom stereocenters. The zero-order valence-corrected chi connectivity index (χ0v) is 11.4. The van der Waals surface area contributed by atoms with Crippen molar-refractivity contribution in [1.82, 2.24) is 9.38 Å². The van der Waals surface area contributed by atoms with Crippen LogP contribution < -0.4 is 5.56 Å². The summed E-state index contributed by atoms with van der Waals surface area (Å²) in [6.45, 7) is 0. The summed E-state index contributed by atoms with van der Waals surface area (Å²) in [5.41, 5.74) is 1.14. The molecule has 6 heteroatoms. The minimum atomic E-state index is -1.06. The average molecular weight is 296 g/mol. The minimum absolute atomic E-state index is 0.0842. The normalized spacial score (nSPS) is 11.4. The average Bonchev–Trinajstić information content (AvgIpc) is 2.85. The van der Waals surface area contributed by atoms with Crippen LogP contribution in [0.1, 0.15) is 10.4 Å². The number of benzene rings is 2. The molecule has 0 spiro atoms. The van der Waals surface area contributed by atoms with Crippen LogP contribution in [-0.2, 0) is 0 Å². The number of carbonyl (C=O) groups is 1. The van der Waals surface area contributed by atoms with Gasteiger partial charge in [-0.1, -0.05) is 23.5 Å². The molecule has 0 saturated heterocycles. The first-order valence-electron chi connectivity index (χ1n) is 6.22.